The number of fused-ring (bicyclic) bond motifs is 1. The Bertz CT molecular complexity index is 1130. The minimum atomic E-state index is -0.485. The summed E-state index contributed by atoms with van der Waals surface area (Å²) in [6.07, 6.45) is 10.2. The number of allylic oxidation sites excluding steroid dienone is 3. The number of nitrogens with zero attached hydrogens (tertiary/aromatic N) is 4. The van der Waals surface area contributed by atoms with Crippen LogP contribution in [0.2, 0.25) is 0 Å². The van der Waals surface area contributed by atoms with Crippen LogP contribution in [-0.4, -0.2) is 33.1 Å². The van der Waals surface area contributed by atoms with Gasteiger partial charge in [-0.05, 0) is 43.7 Å². The van der Waals surface area contributed by atoms with Crippen LogP contribution < -0.4 is 10.1 Å². The lowest BCUT2D eigenvalue weighted by Crippen LogP contribution is -2.18. The van der Waals surface area contributed by atoms with Gasteiger partial charge < -0.3 is 10.1 Å². The maximum atomic E-state index is 13.3. The number of hydrogen-bond acceptors (Lipinski definition) is 7. The monoisotopic (exact) mass is 483 g/mol. The highest BCUT2D eigenvalue weighted by Crippen LogP contribution is 2.35. The van der Waals surface area contributed by atoms with Gasteiger partial charge in [0, 0.05) is 15.9 Å². The van der Waals surface area contributed by atoms with Gasteiger partial charge in [-0.3, -0.25) is 0 Å². The van der Waals surface area contributed by atoms with Gasteiger partial charge >= 0.3 is 0 Å². The van der Waals surface area contributed by atoms with Crippen molar-refractivity contribution in [3.05, 3.63) is 58.6 Å². The third kappa shape index (κ3) is 7.00. The summed E-state index contributed by atoms with van der Waals surface area (Å²) < 4.78 is 18.9. The maximum absolute atomic E-state index is 13.3. The molecule has 0 bridgehead atoms. The maximum Gasteiger partial charge on any atom is 0.159 e. The quantitative estimate of drug-likeness (QED) is 0.340. The summed E-state index contributed by atoms with van der Waals surface area (Å²) in [6, 6.07) is 3.74. The predicted octanol–water partition coefficient (Wildman–Crippen LogP) is 7.40. The van der Waals surface area contributed by atoms with Gasteiger partial charge in [-0.1, -0.05) is 51.6 Å². The van der Waals surface area contributed by atoms with Crippen molar-refractivity contribution in [2.45, 2.75) is 60.4 Å². The average Bonchev–Trinajstić information content (AvgIpc) is 2.85. The molecule has 0 aliphatic heterocycles. The van der Waals surface area contributed by atoms with Crippen molar-refractivity contribution in [3.8, 4) is 17.1 Å². The topological polar surface area (TPSA) is 72.8 Å². The van der Waals surface area contributed by atoms with E-state index >= 15 is 0 Å². The van der Waals surface area contributed by atoms with Crippen LogP contribution in [0, 0.1) is 5.82 Å². The highest BCUT2D eigenvalue weighted by molar-refractivity contribution is 8.06. The highest BCUT2D eigenvalue weighted by Gasteiger charge is 2.16. The van der Waals surface area contributed by atoms with Crippen LogP contribution in [0.15, 0.2) is 52.8 Å². The first-order valence-corrected chi connectivity index (χ1v) is 12.4. The summed E-state index contributed by atoms with van der Waals surface area (Å²) in [6.45, 7) is 12.5. The molecule has 2 aromatic heterocycles. The molecule has 182 valence electrons. The number of anilines is 1. The van der Waals surface area contributed by atoms with Crippen LogP contribution in [0.5, 0.6) is 5.75 Å². The number of ether oxygens (including phenoxy) is 1. The van der Waals surface area contributed by atoms with Crippen molar-refractivity contribution in [3.63, 3.8) is 0 Å². The Kier molecular flexibility index (Phi) is 10.9. The zero-order chi connectivity index (χ0) is 25.1. The van der Waals surface area contributed by atoms with Crippen molar-refractivity contribution < 1.29 is 9.13 Å². The summed E-state index contributed by atoms with van der Waals surface area (Å²) in [7, 11) is 1.59. The standard InChI is InChI=1S/C24H28FN5OS.C2H6/c1-6-8-15(3)32-21(9-7-2)16(4)30-24-19-10-17(23-26-12-18(25)13-27-23)11-20(31-5)22(19)28-14-29-24;1-2/h8-14,16H,6-7H2,1-5H3,(H,28,29,30);1-2H3/b15-8-,21-9+;. The molecule has 6 nitrogen and oxygen atoms in total. The number of thioether (sulfide) groups is 1. The molecule has 0 spiro atoms. The fourth-order valence-corrected chi connectivity index (χ4v) is 4.40. The number of benzene rings is 1. The Labute approximate surface area is 206 Å². The van der Waals surface area contributed by atoms with Gasteiger partial charge in [-0.25, -0.2) is 24.3 Å². The van der Waals surface area contributed by atoms with Crippen LogP contribution in [0.1, 0.15) is 54.4 Å². The molecule has 34 heavy (non-hydrogen) atoms. The lowest BCUT2D eigenvalue weighted by Gasteiger charge is -2.20. The van der Waals surface area contributed by atoms with E-state index in [0.29, 0.717) is 28.5 Å². The number of rotatable bonds is 9. The van der Waals surface area contributed by atoms with E-state index in [0.717, 1.165) is 30.6 Å². The van der Waals surface area contributed by atoms with Crippen LogP contribution in [0.3, 0.4) is 0 Å². The lowest BCUT2D eigenvalue weighted by atomic mass is 10.1. The second-order valence-corrected chi connectivity index (χ2v) is 8.55. The van der Waals surface area contributed by atoms with Crippen LogP contribution >= 0.6 is 11.8 Å². The minimum absolute atomic E-state index is 0.0370. The van der Waals surface area contributed by atoms with Gasteiger partial charge in [0.2, 0.25) is 0 Å². The van der Waals surface area contributed by atoms with E-state index in [1.54, 1.807) is 24.9 Å². The summed E-state index contributed by atoms with van der Waals surface area (Å²) >= 11 is 1.77. The van der Waals surface area contributed by atoms with Gasteiger partial charge in [-0.15, -0.1) is 0 Å². The van der Waals surface area contributed by atoms with E-state index < -0.39 is 5.82 Å². The Hall–Kier alpha value is -3.00. The zero-order valence-corrected chi connectivity index (χ0v) is 21.8. The van der Waals surface area contributed by atoms with Crippen molar-refractivity contribution in [2.24, 2.45) is 0 Å². The van der Waals surface area contributed by atoms with Gasteiger partial charge in [0.1, 0.15) is 23.4 Å². The predicted molar refractivity (Wildman–Crippen MR) is 142 cm³/mol. The third-order valence-electron chi connectivity index (χ3n) is 4.76. The van der Waals surface area contributed by atoms with Gasteiger partial charge in [-0.2, -0.15) is 0 Å². The fourth-order valence-electron chi connectivity index (χ4n) is 3.30. The Morgan fingerprint density at radius 1 is 1.09 bits per heavy atom. The molecule has 3 aromatic rings. The number of halogens is 1. The smallest absolute Gasteiger partial charge is 0.159 e. The average molecular weight is 484 g/mol. The van der Waals surface area contributed by atoms with E-state index in [1.807, 2.05) is 19.9 Å². The number of aromatic nitrogens is 4. The largest absolute Gasteiger partial charge is 0.494 e. The van der Waals surface area contributed by atoms with Crippen molar-refractivity contribution in [1.82, 2.24) is 19.9 Å². The summed E-state index contributed by atoms with van der Waals surface area (Å²) in [4.78, 5) is 19.6. The molecular weight excluding hydrogens is 449 g/mol. The second kappa shape index (κ2) is 13.6. The molecule has 1 aromatic carbocycles. The molecule has 2 heterocycles. The molecular formula is C26H34FN5OS. The molecule has 1 unspecified atom stereocenters. The Balaban J connectivity index is 0.00000199. The fraction of sp³-hybridized carbons (Fsp3) is 0.385. The normalized spacial score (nSPS) is 12.7. The van der Waals surface area contributed by atoms with Crippen molar-refractivity contribution in [2.75, 3.05) is 12.4 Å². The summed E-state index contributed by atoms with van der Waals surface area (Å²) in [5, 5.41) is 4.31. The zero-order valence-electron chi connectivity index (χ0n) is 21.0. The Morgan fingerprint density at radius 3 is 2.38 bits per heavy atom. The van der Waals surface area contributed by atoms with Gasteiger partial charge in [0.25, 0.3) is 0 Å². The SMILES string of the molecule is CC.CC/C=C(/C)S/C(=C/CC)C(C)Nc1ncnc2c(OC)cc(-c3ncc(F)cn3)cc12. The molecule has 0 radical (unpaired) electrons. The third-order valence-corrected chi connectivity index (χ3v) is 6.00. The molecule has 0 fully saturated rings. The highest BCUT2D eigenvalue weighted by atomic mass is 32.2. The first kappa shape index (κ1) is 27.2. The first-order valence-electron chi connectivity index (χ1n) is 11.6. The van der Waals surface area contributed by atoms with Gasteiger partial charge in [0.15, 0.2) is 11.6 Å². The summed E-state index contributed by atoms with van der Waals surface area (Å²) in [5.41, 5.74) is 1.37. The van der Waals surface area contributed by atoms with Crippen molar-refractivity contribution >= 4 is 28.5 Å². The summed E-state index contributed by atoms with van der Waals surface area (Å²) in [5.74, 6) is 1.17. The first-order chi connectivity index (χ1) is 16.5. The lowest BCUT2D eigenvalue weighted by molar-refractivity contribution is 0.419. The molecule has 0 saturated carbocycles. The Morgan fingerprint density at radius 2 is 1.76 bits per heavy atom. The number of hydrogen-bond donors (Lipinski definition) is 1. The van der Waals surface area contributed by atoms with E-state index in [-0.39, 0.29) is 6.04 Å². The van der Waals surface area contributed by atoms with Crippen LogP contribution in [0.4, 0.5) is 10.2 Å². The second-order valence-electron chi connectivity index (χ2n) is 7.23. The van der Waals surface area contributed by atoms with E-state index in [4.69, 9.17) is 4.74 Å². The molecule has 0 aliphatic rings. The van der Waals surface area contributed by atoms with E-state index in [2.05, 4.69) is 65.1 Å². The molecule has 1 atom stereocenters. The number of nitrogens with one attached hydrogen (secondary N) is 1. The molecule has 0 amide bonds. The van der Waals surface area contributed by atoms with Crippen molar-refractivity contribution in [1.29, 1.82) is 0 Å². The van der Waals surface area contributed by atoms with E-state index in [9.17, 15) is 4.39 Å². The number of methoxy groups -OCH3 is 1. The van der Waals surface area contributed by atoms with Gasteiger partial charge in [0.05, 0.1) is 25.5 Å². The molecule has 8 heteroatoms. The van der Waals surface area contributed by atoms with Crippen LogP contribution in [0.25, 0.3) is 22.3 Å². The van der Waals surface area contributed by atoms with E-state index in [1.165, 1.54) is 16.1 Å². The van der Waals surface area contributed by atoms with Crippen LogP contribution in [-0.2, 0) is 0 Å². The molecule has 0 saturated heterocycles. The minimum Gasteiger partial charge on any atom is -0.494 e. The molecule has 0 aliphatic carbocycles. The molecule has 1 N–H and O–H groups in total. The molecule has 3 rings (SSSR count).